The van der Waals surface area contributed by atoms with Crippen LogP contribution in [0.1, 0.15) is 30.0 Å². The Labute approximate surface area is 168 Å². The van der Waals surface area contributed by atoms with Crippen molar-refractivity contribution >= 4 is 11.3 Å². The molecule has 1 aliphatic carbocycles. The maximum atomic E-state index is 13.0. The summed E-state index contributed by atoms with van der Waals surface area (Å²) in [7, 11) is 0. The lowest BCUT2D eigenvalue weighted by atomic mass is 9.91. The molecule has 2 fully saturated rings. The van der Waals surface area contributed by atoms with Crippen molar-refractivity contribution in [1.82, 2.24) is 9.62 Å². The van der Waals surface area contributed by atoms with E-state index >= 15 is 0 Å². The molecule has 4 rings (SSSR count). The molecule has 28 heavy (non-hydrogen) atoms. The maximum Gasteiger partial charge on any atom is 0.123 e. The number of nitrogens with one attached hydrogen (secondary N) is 1. The molecule has 0 radical (unpaired) electrons. The quantitative estimate of drug-likeness (QED) is 0.692. The van der Waals surface area contributed by atoms with Crippen molar-refractivity contribution in [3.05, 3.63) is 71.0 Å². The molecular weight excluding hydrogens is 375 g/mol. The van der Waals surface area contributed by atoms with Gasteiger partial charge in [-0.25, -0.2) is 9.11 Å². The monoisotopic (exact) mass is 401 g/mol. The van der Waals surface area contributed by atoms with Gasteiger partial charge in [-0.3, -0.25) is 4.21 Å². The number of rotatable bonds is 8. The fourth-order valence-electron chi connectivity index (χ4n) is 4.89. The highest BCUT2D eigenvalue weighted by atomic mass is 32.2. The maximum absolute atomic E-state index is 13.0. The first kappa shape index (κ1) is 19.7. The average molecular weight is 402 g/mol. The van der Waals surface area contributed by atoms with E-state index in [0.717, 1.165) is 38.0 Å². The van der Waals surface area contributed by atoms with Crippen molar-refractivity contribution in [2.75, 3.05) is 19.6 Å². The molecule has 0 spiro atoms. The number of nitrogens with zero attached hydrogens (tertiary/aromatic N) is 1. The summed E-state index contributed by atoms with van der Waals surface area (Å²) in [6, 6.07) is 15.1. The Morgan fingerprint density at radius 3 is 2.57 bits per heavy atom. The summed E-state index contributed by atoms with van der Waals surface area (Å²) in [5.74, 6) is 1.18. The van der Waals surface area contributed by atoms with Crippen molar-refractivity contribution in [2.24, 2.45) is 11.8 Å². The van der Waals surface area contributed by atoms with Gasteiger partial charge < -0.3 is 9.45 Å². The highest BCUT2D eigenvalue weighted by Gasteiger charge is 2.65. The summed E-state index contributed by atoms with van der Waals surface area (Å²) in [4.78, 5) is 2.55. The molecule has 2 aromatic carbocycles. The summed E-state index contributed by atoms with van der Waals surface area (Å²) in [6.45, 7) is 6.01. The predicted octanol–water partition coefficient (Wildman–Crippen LogP) is 3.16. The van der Waals surface area contributed by atoms with Crippen LogP contribution in [0.25, 0.3) is 0 Å². The summed E-state index contributed by atoms with van der Waals surface area (Å²) in [5, 5.41) is 0. The fraction of sp³-hybridized carbons (Fsp3) is 0.455. The Kier molecular flexibility index (Phi) is 5.65. The SMILES string of the molecule is CC1(c2cccc(CNS(=O)[O-])c2)C2CN(CCCc3ccc(F)cc3)CC21. The average Bonchev–Trinajstić information content (AvgIpc) is 3.03. The van der Waals surface area contributed by atoms with Crippen molar-refractivity contribution in [1.29, 1.82) is 0 Å². The first-order chi connectivity index (χ1) is 13.5. The minimum absolute atomic E-state index is 0.177. The number of hydrogen-bond donors (Lipinski definition) is 1. The summed E-state index contributed by atoms with van der Waals surface area (Å²) >= 11 is -2.23. The summed E-state index contributed by atoms with van der Waals surface area (Å²) < 4.78 is 36.9. The van der Waals surface area contributed by atoms with Crippen LogP contribution in [0.4, 0.5) is 4.39 Å². The van der Waals surface area contributed by atoms with Crippen LogP contribution in [0.2, 0.25) is 0 Å². The molecule has 0 amide bonds. The largest absolute Gasteiger partial charge is 0.760 e. The third kappa shape index (κ3) is 4.06. The van der Waals surface area contributed by atoms with Crippen molar-refractivity contribution < 1.29 is 13.2 Å². The van der Waals surface area contributed by atoms with E-state index in [-0.39, 0.29) is 11.2 Å². The third-order valence-electron chi connectivity index (χ3n) is 6.62. The highest BCUT2D eigenvalue weighted by Crippen LogP contribution is 2.63. The summed E-state index contributed by atoms with van der Waals surface area (Å²) in [6.07, 6.45) is 2.08. The standard InChI is InChI=1S/C22H27FN2O2S/c1-22(18-6-2-4-17(12-18)13-24-28(26)27)20-14-25(15-21(20)22)11-3-5-16-7-9-19(23)10-8-16/h2,4,6-10,12,20-21,24H,3,5,11,13-15H2,1H3,(H,26,27)/p-1. The van der Waals surface area contributed by atoms with E-state index in [1.165, 1.54) is 23.3 Å². The predicted molar refractivity (Wildman–Crippen MR) is 108 cm³/mol. The van der Waals surface area contributed by atoms with Gasteiger partial charge in [0.15, 0.2) is 0 Å². The van der Waals surface area contributed by atoms with Crippen molar-refractivity contribution in [2.45, 2.75) is 31.7 Å². The molecule has 3 atom stereocenters. The lowest BCUT2D eigenvalue weighted by molar-refractivity contribution is 0.274. The van der Waals surface area contributed by atoms with E-state index in [1.807, 2.05) is 24.3 Å². The van der Waals surface area contributed by atoms with Crippen LogP contribution in [0, 0.1) is 17.7 Å². The molecule has 1 saturated heterocycles. The second kappa shape index (κ2) is 8.03. The topological polar surface area (TPSA) is 55.4 Å². The number of likely N-dealkylation sites (tertiary alicyclic amines) is 1. The van der Waals surface area contributed by atoms with Crippen LogP contribution >= 0.6 is 0 Å². The zero-order valence-electron chi connectivity index (χ0n) is 16.1. The van der Waals surface area contributed by atoms with E-state index < -0.39 is 11.3 Å². The number of halogens is 1. The van der Waals surface area contributed by atoms with Gasteiger partial charge in [0.1, 0.15) is 5.82 Å². The molecule has 1 heterocycles. The molecule has 6 heteroatoms. The van der Waals surface area contributed by atoms with E-state index in [1.54, 1.807) is 0 Å². The zero-order chi connectivity index (χ0) is 19.7. The van der Waals surface area contributed by atoms with E-state index in [9.17, 15) is 13.2 Å². The van der Waals surface area contributed by atoms with Gasteiger partial charge in [0.25, 0.3) is 0 Å². The third-order valence-corrected chi connectivity index (χ3v) is 7.00. The molecule has 1 aliphatic heterocycles. The van der Waals surface area contributed by atoms with E-state index in [2.05, 4.69) is 28.7 Å². The Balaban J connectivity index is 1.28. The minimum Gasteiger partial charge on any atom is -0.760 e. The number of fused-ring (bicyclic) bond motifs is 1. The second-order valence-electron chi connectivity index (χ2n) is 8.24. The molecule has 2 aliphatic rings. The van der Waals surface area contributed by atoms with Gasteiger partial charge in [0.05, 0.1) is 0 Å². The molecule has 0 bridgehead atoms. The van der Waals surface area contributed by atoms with Crippen LogP contribution in [0.5, 0.6) is 0 Å². The zero-order valence-corrected chi connectivity index (χ0v) is 16.9. The van der Waals surface area contributed by atoms with Crippen LogP contribution < -0.4 is 4.72 Å². The molecule has 4 nitrogen and oxygen atoms in total. The van der Waals surface area contributed by atoms with Crippen molar-refractivity contribution in [3.8, 4) is 0 Å². The Hall–Kier alpha value is -1.60. The molecule has 1 saturated carbocycles. The molecule has 1 N–H and O–H groups in total. The smallest absolute Gasteiger partial charge is 0.123 e. The van der Waals surface area contributed by atoms with E-state index in [0.29, 0.717) is 18.4 Å². The van der Waals surface area contributed by atoms with Gasteiger partial charge in [-0.15, -0.1) is 0 Å². The number of hydrogen-bond acceptors (Lipinski definition) is 3. The molecule has 2 aromatic rings. The summed E-state index contributed by atoms with van der Waals surface area (Å²) in [5.41, 5.74) is 3.73. The van der Waals surface area contributed by atoms with Gasteiger partial charge in [0, 0.05) is 36.3 Å². The van der Waals surface area contributed by atoms with Crippen LogP contribution in [-0.2, 0) is 29.6 Å². The molecule has 3 unspecified atom stereocenters. The molecule has 0 aromatic heterocycles. The normalized spacial score (nSPS) is 27.5. The first-order valence-electron chi connectivity index (χ1n) is 9.86. The van der Waals surface area contributed by atoms with Crippen molar-refractivity contribution in [3.63, 3.8) is 0 Å². The van der Waals surface area contributed by atoms with Gasteiger partial charge in [0.2, 0.25) is 0 Å². The lowest BCUT2D eigenvalue weighted by Gasteiger charge is -2.25. The number of aryl methyl sites for hydroxylation is 1. The Morgan fingerprint density at radius 1 is 1.18 bits per heavy atom. The highest BCUT2D eigenvalue weighted by molar-refractivity contribution is 7.77. The second-order valence-corrected chi connectivity index (χ2v) is 9.00. The van der Waals surface area contributed by atoms with Gasteiger partial charge >= 0.3 is 0 Å². The molecular formula is C22H26FN2O2S-. The van der Waals surface area contributed by atoms with E-state index in [4.69, 9.17) is 0 Å². The Bertz CT molecular complexity index is 846. The lowest BCUT2D eigenvalue weighted by Crippen LogP contribution is -2.30. The van der Waals surface area contributed by atoms with Gasteiger partial charge in [-0.1, -0.05) is 43.3 Å². The van der Waals surface area contributed by atoms with Gasteiger partial charge in [-0.05, 0) is 60.0 Å². The van der Waals surface area contributed by atoms with Crippen LogP contribution in [0.3, 0.4) is 0 Å². The number of piperidine rings is 1. The molecule has 150 valence electrons. The van der Waals surface area contributed by atoms with Crippen LogP contribution in [-0.4, -0.2) is 33.3 Å². The van der Waals surface area contributed by atoms with Crippen LogP contribution in [0.15, 0.2) is 48.5 Å². The Morgan fingerprint density at radius 2 is 1.89 bits per heavy atom. The number of benzene rings is 2. The first-order valence-corrected chi connectivity index (χ1v) is 10.9. The minimum atomic E-state index is -2.23. The van der Waals surface area contributed by atoms with Gasteiger partial charge in [-0.2, -0.15) is 0 Å². The fourth-order valence-corrected chi connectivity index (χ4v) is 5.17.